The smallest absolute Gasteiger partial charge is 0.129 e. The van der Waals surface area contributed by atoms with Gasteiger partial charge in [0.2, 0.25) is 0 Å². The van der Waals surface area contributed by atoms with Gasteiger partial charge in [0.15, 0.2) is 0 Å². The van der Waals surface area contributed by atoms with Gasteiger partial charge in [0.25, 0.3) is 0 Å². The molecule has 0 fully saturated rings. The largest absolute Gasteiger partial charge is 0.487 e. The lowest BCUT2D eigenvalue weighted by Crippen LogP contribution is -2.25. The van der Waals surface area contributed by atoms with Gasteiger partial charge in [-0.2, -0.15) is 0 Å². The zero-order valence-electron chi connectivity index (χ0n) is 12.7. The molecule has 0 radical (unpaired) electrons. The summed E-state index contributed by atoms with van der Waals surface area (Å²) in [6, 6.07) is 5.94. The second kappa shape index (κ2) is 5.15. The topological polar surface area (TPSA) is 60.2 Å². The number of benzene rings is 1. The van der Waals surface area contributed by atoms with Crippen molar-refractivity contribution in [3.63, 3.8) is 0 Å². The Balaban J connectivity index is 1.98. The number of aromatic nitrogens is 3. The highest BCUT2D eigenvalue weighted by Crippen LogP contribution is 2.41. The van der Waals surface area contributed by atoms with Crippen molar-refractivity contribution in [3.8, 4) is 5.75 Å². The molecule has 0 amide bonds. The van der Waals surface area contributed by atoms with E-state index in [1.54, 1.807) is 10.9 Å². The second-order valence-corrected chi connectivity index (χ2v) is 6.16. The molecule has 1 N–H and O–H groups in total. The number of ether oxygens (including phenoxy) is 1. The van der Waals surface area contributed by atoms with Crippen molar-refractivity contribution < 1.29 is 9.84 Å². The molecule has 1 aliphatic rings. The summed E-state index contributed by atoms with van der Waals surface area (Å²) in [5, 5.41) is 18.7. The first-order chi connectivity index (χ1) is 10.0. The molecule has 1 atom stereocenters. The van der Waals surface area contributed by atoms with E-state index in [1.165, 1.54) is 0 Å². The normalized spacial score (nSPS) is 17.3. The van der Waals surface area contributed by atoms with Crippen LogP contribution in [0, 0.1) is 0 Å². The Morgan fingerprint density at radius 3 is 3.00 bits per heavy atom. The summed E-state index contributed by atoms with van der Waals surface area (Å²) in [7, 11) is 0. The second-order valence-electron chi connectivity index (χ2n) is 6.16. The molecular weight excluding hydrogens is 266 g/mol. The van der Waals surface area contributed by atoms with Crippen LogP contribution < -0.4 is 4.74 Å². The van der Waals surface area contributed by atoms with Gasteiger partial charge >= 0.3 is 0 Å². The Kier molecular flexibility index (Phi) is 3.45. The molecule has 5 nitrogen and oxygen atoms in total. The van der Waals surface area contributed by atoms with Crippen molar-refractivity contribution in [1.82, 2.24) is 15.0 Å². The predicted molar refractivity (Wildman–Crippen MR) is 79.2 cm³/mol. The number of nitrogens with zero attached hydrogens (tertiary/aromatic N) is 3. The maximum atomic E-state index is 10.7. The van der Waals surface area contributed by atoms with Crippen LogP contribution in [-0.4, -0.2) is 25.7 Å². The van der Waals surface area contributed by atoms with Crippen molar-refractivity contribution >= 4 is 0 Å². The lowest BCUT2D eigenvalue weighted by atomic mass is 9.98. The highest BCUT2D eigenvalue weighted by atomic mass is 16.5. The standard InChI is InChI=1S/C16H21N3O2/c1-4-8-19-13(10-17-18-19)14(20)12-7-5-6-11-9-16(2,3)21-15(11)12/h5-7,10,14,20H,4,8-9H2,1-3H3. The number of hydrogen-bond donors (Lipinski definition) is 1. The van der Waals surface area contributed by atoms with Crippen LogP contribution in [0.3, 0.4) is 0 Å². The molecule has 0 spiro atoms. The van der Waals surface area contributed by atoms with E-state index in [1.807, 2.05) is 12.1 Å². The van der Waals surface area contributed by atoms with Crippen LogP contribution in [0.15, 0.2) is 24.4 Å². The summed E-state index contributed by atoms with van der Waals surface area (Å²) >= 11 is 0. The number of rotatable bonds is 4. The minimum absolute atomic E-state index is 0.222. The number of aliphatic hydroxyl groups excluding tert-OH is 1. The molecule has 1 aromatic heterocycles. The Morgan fingerprint density at radius 1 is 1.43 bits per heavy atom. The first-order valence-electron chi connectivity index (χ1n) is 7.39. The van der Waals surface area contributed by atoms with Crippen LogP contribution in [0.1, 0.15) is 50.1 Å². The van der Waals surface area contributed by atoms with Crippen LogP contribution in [-0.2, 0) is 13.0 Å². The van der Waals surface area contributed by atoms with E-state index < -0.39 is 6.10 Å². The Morgan fingerprint density at radius 2 is 2.24 bits per heavy atom. The average molecular weight is 287 g/mol. The van der Waals surface area contributed by atoms with Gasteiger partial charge in [-0.25, -0.2) is 4.68 Å². The lowest BCUT2D eigenvalue weighted by Gasteiger charge is -2.20. The number of aryl methyl sites for hydroxylation is 1. The lowest BCUT2D eigenvalue weighted by molar-refractivity contribution is 0.130. The number of para-hydroxylation sites is 1. The zero-order chi connectivity index (χ0) is 15.0. The zero-order valence-corrected chi connectivity index (χ0v) is 12.7. The maximum absolute atomic E-state index is 10.7. The van der Waals surface area contributed by atoms with Crippen LogP contribution in [0.4, 0.5) is 0 Å². The Labute approximate surface area is 124 Å². The minimum Gasteiger partial charge on any atom is -0.487 e. The van der Waals surface area contributed by atoms with Crippen LogP contribution in [0.2, 0.25) is 0 Å². The quantitative estimate of drug-likeness (QED) is 0.938. The van der Waals surface area contributed by atoms with Gasteiger partial charge in [-0.1, -0.05) is 30.3 Å². The predicted octanol–water partition coefficient (Wildman–Crippen LogP) is 2.48. The highest BCUT2D eigenvalue weighted by molar-refractivity contribution is 5.48. The van der Waals surface area contributed by atoms with Gasteiger partial charge in [-0.05, 0) is 25.8 Å². The molecule has 21 heavy (non-hydrogen) atoms. The SMILES string of the molecule is CCCn1nncc1C(O)c1cccc2c1OC(C)(C)C2. The monoisotopic (exact) mass is 287 g/mol. The van der Waals surface area contributed by atoms with Crippen molar-refractivity contribution in [2.45, 2.75) is 51.9 Å². The fraction of sp³-hybridized carbons (Fsp3) is 0.500. The molecule has 2 aromatic rings. The van der Waals surface area contributed by atoms with Crippen LogP contribution in [0.5, 0.6) is 5.75 Å². The molecule has 1 aromatic carbocycles. The van der Waals surface area contributed by atoms with E-state index in [4.69, 9.17) is 4.74 Å². The molecule has 0 saturated heterocycles. The summed E-state index contributed by atoms with van der Waals surface area (Å²) in [6.07, 6.45) is 2.66. The van der Waals surface area contributed by atoms with Crippen molar-refractivity contribution in [3.05, 3.63) is 41.2 Å². The third-order valence-electron chi connectivity index (χ3n) is 3.78. The molecular formula is C16H21N3O2. The van der Waals surface area contributed by atoms with Gasteiger partial charge in [0.05, 0.1) is 11.9 Å². The number of aliphatic hydroxyl groups is 1. The Hall–Kier alpha value is -1.88. The van der Waals surface area contributed by atoms with Crippen LogP contribution in [0.25, 0.3) is 0 Å². The van der Waals surface area contributed by atoms with E-state index in [2.05, 4.69) is 37.1 Å². The molecule has 3 rings (SSSR count). The summed E-state index contributed by atoms with van der Waals surface area (Å²) < 4.78 is 7.79. The highest BCUT2D eigenvalue weighted by Gasteiger charge is 2.33. The molecule has 1 aliphatic heterocycles. The third-order valence-corrected chi connectivity index (χ3v) is 3.78. The molecule has 0 saturated carbocycles. The molecule has 1 unspecified atom stereocenters. The molecule has 2 heterocycles. The Bertz CT molecular complexity index is 649. The fourth-order valence-electron chi connectivity index (χ4n) is 2.88. The molecule has 112 valence electrons. The van der Waals surface area contributed by atoms with Gasteiger partial charge < -0.3 is 9.84 Å². The van der Waals surface area contributed by atoms with E-state index in [0.717, 1.165) is 36.3 Å². The third kappa shape index (κ3) is 2.53. The van der Waals surface area contributed by atoms with E-state index in [-0.39, 0.29) is 5.60 Å². The van der Waals surface area contributed by atoms with Crippen molar-refractivity contribution in [2.24, 2.45) is 0 Å². The van der Waals surface area contributed by atoms with E-state index in [9.17, 15) is 5.11 Å². The molecule has 0 aliphatic carbocycles. The van der Waals surface area contributed by atoms with Crippen molar-refractivity contribution in [1.29, 1.82) is 0 Å². The summed E-state index contributed by atoms with van der Waals surface area (Å²) in [5.41, 5.74) is 2.42. The summed E-state index contributed by atoms with van der Waals surface area (Å²) in [5.74, 6) is 0.805. The molecule has 0 bridgehead atoms. The van der Waals surface area contributed by atoms with Gasteiger partial charge in [0, 0.05) is 18.5 Å². The summed E-state index contributed by atoms with van der Waals surface area (Å²) in [4.78, 5) is 0. The average Bonchev–Trinajstić information content (AvgIpc) is 3.00. The van der Waals surface area contributed by atoms with Gasteiger partial charge in [0.1, 0.15) is 17.5 Å². The van der Waals surface area contributed by atoms with Crippen molar-refractivity contribution in [2.75, 3.05) is 0 Å². The van der Waals surface area contributed by atoms with E-state index >= 15 is 0 Å². The van der Waals surface area contributed by atoms with Crippen LogP contribution >= 0.6 is 0 Å². The number of fused-ring (bicyclic) bond motifs is 1. The van der Waals surface area contributed by atoms with Gasteiger partial charge in [-0.3, -0.25) is 0 Å². The maximum Gasteiger partial charge on any atom is 0.129 e. The summed E-state index contributed by atoms with van der Waals surface area (Å²) in [6.45, 7) is 6.94. The first-order valence-corrected chi connectivity index (χ1v) is 7.39. The first kappa shape index (κ1) is 14.1. The minimum atomic E-state index is -0.768. The number of hydrogen-bond acceptors (Lipinski definition) is 4. The fourth-order valence-corrected chi connectivity index (χ4v) is 2.88. The van der Waals surface area contributed by atoms with Gasteiger partial charge in [-0.15, -0.1) is 5.10 Å². The molecule has 5 heteroatoms. The van der Waals surface area contributed by atoms with E-state index in [0.29, 0.717) is 5.69 Å².